The molecular weight excluding hydrogens is 417 g/mol. The van der Waals surface area contributed by atoms with Gasteiger partial charge in [0.2, 0.25) is 5.91 Å². The van der Waals surface area contributed by atoms with E-state index in [0.29, 0.717) is 31.4 Å². The lowest BCUT2D eigenvalue weighted by Crippen LogP contribution is -2.55. The lowest BCUT2D eigenvalue weighted by molar-refractivity contribution is -0.161. The molecule has 8 heteroatoms. The molecule has 0 saturated carbocycles. The Balaban J connectivity index is 1.51. The number of ether oxygens (including phenoxy) is 1. The number of esters is 1. The van der Waals surface area contributed by atoms with Crippen LogP contribution in [0.3, 0.4) is 0 Å². The fourth-order valence-corrected chi connectivity index (χ4v) is 5.34. The quantitative estimate of drug-likeness (QED) is 0.669. The second-order valence-electron chi connectivity index (χ2n) is 8.32. The summed E-state index contributed by atoms with van der Waals surface area (Å²) in [6.07, 6.45) is 2.10. The molecular formula is C23H28FN3O3S. The molecule has 1 aromatic heterocycles. The molecule has 2 N–H and O–H groups in total. The van der Waals surface area contributed by atoms with E-state index in [0.717, 1.165) is 5.56 Å². The van der Waals surface area contributed by atoms with Gasteiger partial charge in [-0.25, -0.2) is 15.2 Å². The highest BCUT2D eigenvalue weighted by Gasteiger charge is 2.46. The molecule has 3 unspecified atom stereocenters. The summed E-state index contributed by atoms with van der Waals surface area (Å²) >= 11 is 1.63. The van der Waals surface area contributed by atoms with E-state index in [2.05, 4.69) is 22.3 Å². The van der Waals surface area contributed by atoms with Crippen LogP contribution in [-0.4, -0.2) is 42.5 Å². The molecule has 6 nitrogen and oxygen atoms in total. The summed E-state index contributed by atoms with van der Waals surface area (Å²) in [4.78, 5) is 28.1. The number of hydrazine groups is 1. The van der Waals surface area contributed by atoms with Crippen molar-refractivity contribution in [3.05, 3.63) is 58.0 Å². The number of nitrogens with one attached hydrogen (secondary N) is 2. The number of rotatable bonds is 6. The number of nitrogens with zero attached hydrogens (tertiary/aromatic N) is 1. The highest BCUT2D eigenvalue weighted by Crippen LogP contribution is 2.37. The van der Waals surface area contributed by atoms with Crippen molar-refractivity contribution in [2.45, 2.75) is 44.7 Å². The van der Waals surface area contributed by atoms with E-state index in [-0.39, 0.29) is 49.3 Å². The molecule has 0 bridgehead atoms. The molecule has 2 aromatic rings. The zero-order chi connectivity index (χ0) is 21.8. The summed E-state index contributed by atoms with van der Waals surface area (Å²) in [6.45, 7) is 2.83. The van der Waals surface area contributed by atoms with Crippen molar-refractivity contribution in [3.63, 3.8) is 0 Å². The summed E-state index contributed by atoms with van der Waals surface area (Å²) in [5.74, 6) is -0.730. The van der Waals surface area contributed by atoms with E-state index in [9.17, 15) is 14.0 Å². The van der Waals surface area contributed by atoms with Crippen LogP contribution in [0.1, 0.15) is 43.4 Å². The summed E-state index contributed by atoms with van der Waals surface area (Å²) in [6, 6.07) is 8.27. The van der Waals surface area contributed by atoms with Gasteiger partial charge in [0.05, 0.1) is 12.0 Å². The molecule has 3 atom stereocenters. The van der Waals surface area contributed by atoms with Crippen molar-refractivity contribution < 1.29 is 18.7 Å². The fourth-order valence-electron chi connectivity index (χ4n) is 4.62. The van der Waals surface area contributed by atoms with Gasteiger partial charge in [-0.05, 0) is 66.6 Å². The number of thiophene rings is 1. The Morgan fingerprint density at radius 1 is 1.29 bits per heavy atom. The first kappa shape index (κ1) is 21.9. The van der Waals surface area contributed by atoms with E-state index >= 15 is 0 Å². The maximum absolute atomic E-state index is 14.4. The zero-order valence-corrected chi connectivity index (χ0v) is 18.4. The number of hydrogen-bond acceptors (Lipinski definition) is 6. The van der Waals surface area contributed by atoms with Crippen LogP contribution >= 0.6 is 11.3 Å². The Hall–Kier alpha value is -2.29. The van der Waals surface area contributed by atoms with Crippen molar-refractivity contribution in [1.29, 1.82) is 0 Å². The van der Waals surface area contributed by atoms with Crippen LogP contribution < -0.4 is 10.9 Å². The van der Waals surface area contributed by atoms with Gasteiger partial charge in [-0.1, -0.05) is 18.2 Å². The SMILES string of the molecule is CCOC(=O)C1(Cc2ccccc2F)CCCN(C(=O)C2CC(c3ccsc3)NN2)C1. The van der Waals surface area contributed by atoms with E-state index in [1.165, 1.54) is 6.07 Å². The molecule has 0 radical (unpaired) electrons. The predicted molar refractivity (Wildman–Crippen MR) is 117 cm³/mol. The van der Waals surface area contributed by atoms with Gasteiger partial charge in [-0.15, -0.1) is 0 Å². The van der Waals surface area contributed by atoms with E-state index in [4.69, 9.17) is 4.74 Å². The molecule has 0 aliphatic carbocycles. The first-order valence-electron chi connectivity index (χ1n) is 10.7. The van der Waals surface area contributed by atoms with Crippen LogP contribution in [0.2, 0.25) is 0 Å². The van der Waals surface area contributed by atoms with Crippen molar-refractivity contribution in [3.8, 4) is 0 Å². The first-order valence-corrected chi connectivity index (χ1v) is 11.7. The fraction of sp³-hybridized carbons (Fsp3) is 0.478. The predicted octanol–water partition coefficient (Wildman–Crippen LogP) is 3.21. The minimum Gasteiger partial charge on any atom is -0.466 e. The van der Waals surface area contributed by atoms with Gasteiger partial charge >= 0.3 is 5.97 Å². The van der Waals surface area contributed by atoms with Crippen molar-refractivity contribution in [1.82, 2.24) is 15.8 Å². The topological polar surface area (TPSA) is 70.7 Å². The minimum absolute atomic E-state index is 0.0351. The standard InChI is InChI=1S/C23H28FN3O3S/c1-2-30-22(29)23(13-16-6-3-4-7-18(16)24)9-5-10-27(15-23)21(28)20-12-19(25-26-20)17-8-11-31-14-17/h3-4,6-8,11,14,19-20,25-26H,2,5,9-10,12-13,15H2,1H3. The number of benzene rings is 1. The molecule has 31 heavy (non-hydrogen) atoms. The molecule has 3 heterocycles. The first-order chi connectivity index (χ1) is 15.0. The minimum atomic E-state index is -0.940. The molecule has 166 valence electrons. The lowest BCUT2D eigenvalue weighted by atomic mass is 9.74. The molecule has 2 saturated heterocycles. The number of carbonyl (C=O) groups is 2. The van der Waals surface area contributed by atoms with E-state index in [1.54, 1.807) is 41.4 Å². The van der Waals surface area contributed by atoms with Crippen LogP contribution in [0.15, 0.2) is 41.1 Å². The Labute approximate surface area is 185 Å². The average molecular weight is 446 g/mol. The van der Waals surface area contributed by atoms with Gasteiger partial charge in [0.25, 0.3) is 0 Å². The van der Waals surface area contributed by atoms with Crippen molar-refractivity contribution in [2.75, 3.05) is 19.7 Å². The Morgan fingerprint density at radius 3 is 2.87 bits per heavy atom. The van der Waals surface area contributed by atoms with Gasteiger partial charge < -0.3 is 9.64 Å². The summed E-state index contributed by atoms with van der Waals surface area (Å²) < 4.78 is 19.8. The molecule has 1 amide bonds. The third kappa shape index (κ3) is 4.66. The molecule has 2 aliphatic heterocycles. The summed E-state index contributed by atoms with van der Waals surface area (Å²) in [7, 11) is 0. The van der Waals surface area contributed by atoms with Crippen molar-refractivity contribution >= 4 is 23.2 Å². The highest BCUT2D eigenvalue weighted by atomic mass is 32.1. The van der Waals surface area contributed by atoms with Gasteiger partial charge in [0.1, 0.15) is 11.9 Å². The Morgan fingerprint density at radius 2 is 2.13 bits per heavy atom. The zero-order valence-electron chi connectivity index (χ0n) is 17.6. The molecule has 4 rings (SSSR count). The summed E-state index contributed by atoms with van der Waals surface area (Å²) in [5.41, 5.74) is 7.02. The van der Waals surface area contributed by atoms with Crippen LogP contribution in [-0.2, 0) is 20.7 Å². The second-order valence-corrected chi connectivity index (χ2v) is 9.10. The summed E-state index contributed by atoms with van der Waals surface area (Å²) in [5, 5.41) is 4.10. The van der Waals surface area contributed by atoms with Gasteiger partial charge in [-0.2, -0.15) is 11.3 Å². The smallest absolute Gasteiger partial charge is 0.314 e. The van der Waals surface area contributed by atoms with Gasteiger partial charge in [0, 0.05) is 19.1 Å². The molecule has 2 fully saturated rings. The normalized spacial score (nSPS) is 26.1. The Bertz CT molecular complexity index is 923. The van der Waals surface area contributed by atoms with Crippen LogP contribution in [0.25, 0.3) is 0 Å². The van der Waals surface area contributed by atoms with Gasteiger partial charge in [-0.3, -0.25) is 9.59 Å². The van der Waals surface area contributed by atoms with Crippen LogP contribution in [0.4, 0.5) is 4.39 Å². The maximum Gasteiger partial charge on any atom is 0.314 e. The van der Waals surface area contributed by atoms with E-state index in [1.807, 2.05) is 5.38 Å². The van der Waals surface area contributed by atoms with Crippen molar-refractivity contribution in [2.24, 2.45) is 5.41 Å². The number of piperidine rings is 1. The highest BCUT2D eigenvalue weighted by molar-refractivity contribution is 7.07. The molecule has 2 aliphatic rings. The molecule has 0 spiro atoms. The van der Waals surface area contributed by atoms with Crippen LogP contribution in [0.5, 0.6) is 0 Å². The largest absolute Gasteiger partial charge is 0.466 e. The number of hydrogen-bond donors (Lipinski definition) is 2. The lowest BCUT2D eigenvalue weighted by Gasteiger charge is -2.41. The number of amides is 1. The average Bonchev–Trinajstić information content (AvgIpc) is 3.47. The third-order valence-corrected chi connectivity index (χ3v) is 6.93. The number of halogens is 1. The number of likely N-dealkylation sites (tertiary alicyclic amines) is 1. The second kappa shape index (κ2) is 9.46. The maximum atomic E-state index is 14.4. The Kier molecular flexibility index (Phi) is 6.69. The monoisotopic (exact) mass is 445 g/mol. The van der Waals surface area contributed by atoms with E-state index < -0.39 is 5.41 Å². The number of carbonyl (C=O) groups excluding carboxylic acids is 2. The molecule has 1 aromatic carbocycles. The third-order valence-electron chi connectivity index (χ3n) is 6.23. The van der Waals surface area contributed by atoms with Crippen LogP contribution in [0, 0.1) is 11.2 Å². The van der Waals surface area contributed by atoms with Gasteiger partial charge in [0.15, 0.2) is 0 Å².